The van der Waals surface area contributed by atoms with Gasteiger partial charge >= 0.3 is 0 Å². The summed E-state index contributed by atoms with van der Waals surface area (Å²) in [6.07, 6.45) is 12.0. The lowest BCUT2D eigenvalue weighted by Crippen LogP contribution is -2.37. The molecule has 4 aromatic heterocycles. The van der Waals surface area contributed by atoms with Crippen molar-refractivity contribution < 1.29 is 9.84 Å². The summed E-state index contributed by atoms with van der Waals surface area (Å²) in [6.45, 7) is 3.67. The maximum absolute atomic E-state index is 9.55. The molecule has 3 atom stereocenters. The van der Waals surface area contributed by atoms with E-state index in [9.17, 15) is 10.4 Å². The van der Waals surface area contributed by atoms with E-state index in [1.165, 1.54) is 0 Å². The van der Waals surface area contributed by atoms with Gasteiger partial charge in [0, 0.05) is 30.5 Å². The molecule has 4 aromatic rings. The zero-order valence-corrected chi connectivity index (χ0v) is 23.1. The molecule has 0 amide bonds. The molecule has 41 heavy (non-hydrogen) atoms. The van der Waals surface area contributed by atoms with Crippen LogP contribution < -0.4 is 10.2 Å². The third kappa shape index (κ3) is 4.89. The van der Waals surface area contributed by atoms with Crippen LogP contribution in [0.3, 0.4) is 0 Å². The van der Waals surface area contributed by atoms with Crippen LogP contribution in [-0.2, 0) is 4.74 Å². The van der Waals surface area contributed by atoms with Gasteiger partial charge in [-0.1, -0.05) is 5.21 Å². The number of nitrogens with one attached hydrogen (secondary N) is 1. The first-order valence-electron chi connectivity index (χ1n) is 14.5. The summed E-state index contributed by atoms with van der Waals surface area (Å²) in [5.41, 5.74) is 3.11. The van der Waals surface area contributed by atoms with E-state index in [1.54, 1.807) is 21.8 Å². The van der Waals surface area contributed by atoms with E-state index < -0.39 is 6.04 Å². The van der Waals surface area contributed by atoms with Crippen molar-refractivity contribution in [3.8, 4) is 17.6 Å². The molecule has 2 aliphatic heterocycles. The van der Waals surface area contributed by atoms with Gasteiger partial charge in [-0.3, -0.25) is 0 Å². The molecule has 6 heterocycles. The maximum atomic E-state index is 9.55. The normalized spacial score (nSPS) is 24.6. The number of aromatic nitrogens is 7. The van der Waals surface area contributed by atoms with Gasteiger partial charge in [0.25, 0.3) is 0 Å². The Morgan fingerprint density at radius 1 is 1.20 bits per heavy atom. The molecule has 2 bridgehead atoms. The number of hydrogen-bond donors (Lipinski definition) is 2. The zero-order valence-electron chi connectivity index (χ0n) is 23.1. The Balaban J connectivity index is 1.19. The van der Waals surface area contributed by atoms with Crippen LogP contribution >= 0.6 is 0 Å². The van der Waals surface area contributed by atoms with E-state index in [-0.39, 0.29) is 12.7 Å². The Hall–Kier alpha value is -4.08. The molecule has 0 unspecified atom stereocenters. The average molecular weight is 555 g/mol. The fraction of sp³-hybridized carbons (Fsp3) is 0.517. The number of nitriles is 1. The highest BCUT2D eigenvalue weighted by atomic mass is 16.5. The van der Waals surface area contributed by atoms with Gasteiger partial charge < -0.3 is 20.1 Å². The first kappa shape index (κ1) is 25.9. The second-order valence-corrected chi connectivity index (χ2v) is 11.5. The van der Waals surface area contributed by atoms with Crippen LogP contribution in [0.15, 0.2) is 36.8 Å². The second kappa shape index (κ2) is 10.7. The summed E-state index contributed by atoms with van der Waals surface area (Å²) in [6, 6.07) is 8.18. The third-order valence-electron chi connectivity index (χ3n) is 8.81. The molecule has 0 aromatic carbocycles. The highest BCUT2D eigenvalue weighted by Crippen LogP contribution is 2.37. The minimum Gasteiger partial charge on any atom is -0.396 e. The molecule has 0 spiro atoms. The third-order valence-corrected chi connectivity index (χ3v) is 8.81. The van der Waals surface area contributed by atoms with E-state index in [0.717, 1.165) is 74.2 Å². The van der Waals surface area contributed by atoms with E-state index in [2.05, 4.69) is 37.8 Å². The summed E-state index contributed by atoms with van der Waals surface area (Å²) in [4.78, 5) is 12.1. The lowest BCUT2D eigenvalue weighted by molar-refractivity contribution is 0.0989. The van der Waals surface area contributed by atoms with Crippen LogP contribution in [-0.4, -0.2) is 77.8 Å². The van der Waals surface area contributed by atoms with Crippen LogP contribution in [0.5, 0.6) is 0 Å². The predicted molar refractivity (Wildman–Crippen MR) is 152 cm³/mol. The molecule has 0 radical (unpaired) electrons. The largest absolute Gasteiger partial charge is 0.396 e. The monoisotopic (exact) mass is 554 g/mol. The van der Waals surface area contributed by atoms with Crippen molar-refractivity contribution in [1.29, 1.82) is 5.26 Å². The number of morpholine rings is 1. The van der Waals surface area contributed by atoms with Crippen LogP contribution in [0, 0.1) is 17.2 Å². The average Bonchev–Trinajstić information content (AvgIpc) is 3.82. The summed E-state index contributed by atoms with van der Waals surface area (Å²) in [5, 5.41) is 36.6. The molecule has 7 rings (SSSR count). The number of hydrogen-bond acceptors (Lipinski definition) is 10. The Morgan fingerprint density at radius 2 is 2.07 bits per heavy atom. The summed E-state index contributed by atoms with van der Waals surface area (Å²) < 4.78 is 9.25. The van der Waals surface area contributed by atoms with Crippen molar-refractivity contribution in [2.45, 2.75) is 69.6 Å². The molecule has 1 aliphatic carbocycles. The summed E-state index contributed by atoms with van der Waals surface area (Å²) in [7, 11) is 0. The number of pyridine rings is 2. The number of aliphatic hydroxyl groups excluding tert-OH is 1. The van der Waals surface area contributed by atoms with Gasteiger partial charge in [0.15, 0.2) is 11.5 Å². The van der Waals surface area contributed by atoms with Gasteiger partial charge in [0.05, 0.1) is 54.8 Å². The fourth-order valence-corrected chi connectivity index (χ4v) is 6.53. The Bertz CT molecular complexity index is 1580. The number of anilines is 2. The van der Waals surface area contributed by atoms with Gasteiger partial charge in [-0.15, -0.1) is 5.10 Å². The number of ether oxygens (including phenoxy) is 1. The van der Waals surface area contributed by atoms with Crippen molar-refractivity contribution >= 4 is 22.5 Å². The number of aliphatic hydroxyl groups is 1. The molecular weight excluding hydrogens is 520 g/mol. The minimum atomic E-state index is -0.430. The Kier molecular flexibility index (Phi) is 6.76. The molecule has 3 aliphatic rings. The Morgan fingerprint density at radius 3 is 2.83 bits per heavy atom. The van der Waals surface area contributed by atoms with Gasteiger partial charge in [-0.05, 0) is 63.5 Å². The highest BCUT2D eigenvalue weighted by Gasteiger charge is 2.39. The van der Waals surface area contributed by atoms with E-state index >= 15 is 0 Å². The van der Waals surface area contributed by atoms with E-state index in [1.807, 2.05) is 25.3 Å². The molecule has 12 heteroatoms. The summed E-state index contributed by atoms with van der Waals surface area (Å²) in [5.74, 6) is 2.46. The van der Waals surface area contributed by atoms with Crippen molar-refractivity contribution in [2.75, 3.05) is 30.0 Å². The van der Waals surface area contributed by atoms with Crippen molar-refractivity contribution in [3.63, 3.8) is 0 Å². The minimum absolute atomic E-state index is 0.256. The quantitative estimate of drug-likeness (QED) is 0.333. The van der Waals surface area contributed by atoms with Gasteiger partial charge in [-0.25, -0.2) is 14.6 Å². The van der Waals surface area contributed by atoms with Gasteiger partial charge in [0.1, 0.15) is 17.5 Å². The lowest BCUT2D eigenvalue weighted by atomic mass is 9.79. The van der Waals surface area contributed by atoms with Crippen LogP contribution in [0.4, 0.5) is 11.5 Å². The molecule has 12 nitrogen and oxygen atoms in total. The lowest BCUT2D eigenvalue weighted by Gasteiger charge is -2.27. The molecule has 3 fully saturated rings. The molecule has 2 saturated heterocycles. The number of rotatable bonds is 8. The van der Waals surface area contributed by atoms with Gasteiger partial charge in [0.2, 0.25) is 0 Å². The van der Waals surface area contributed by atoms with Crippen LogP contribution in [0.1, 0.15) is 57.1 Å². The topological polar surface area (TPSA) is 143 Å². The van der Waals surface area contributed by atoms with Crippen LogP contribution in [0.2, 0.25) is 0 Å². The van der Waals surface area contributed by atoms with Crippen molar-refractivity contribution in [2.24, 2.45) is 5.92 Å². The Labute approximate surface area is 238 Å². The highest BCUT2D eigenvalue weighted by molar-refractivity contribution is 5.78. The smallest absolute Gasteiger partial charge is 0.167 e. The number of nitrogens with zero attached hydrogens (tertiary/aromatic N) is 9. The van der Waals surface area contributed by atoms with Crippen molar-refractivity contribution in [1.82, 2.24) is 34.7 Å². The first-order chi connectivity index (χ1) is 20.1. The molecule has 1 saturated carbocycles. The summed E-state index contributed by atoms with van der Waals surface area (Å²) >= 11 is 0. The first-order valence-corrected chi connectivity index (χ1v) is 14.5. The standard InChI is InChI=1S/C29H34N10O2/c1-18(12-30)33-24-11-28(31-14-26(24)38-16-25(35-36-38)20-4-2-19(3-5-20)8-9-40)39-29-21(13-32-39)6-7-27(34-29)37-15-23-10-22(37)17-41-23/h6-7,11,13-14,16,18-20,22-23,40H,2-5,8-10,15,17H2,1H3,(H,31,33)/t18-,19?,20?,22-,23-/m1/s1. The SMILES string of the molecule is C[C@H](C#N)Nc1cc(-n2ncc3ccc(N4C[C@H]5C[C@@H]4CO5)nc32)ncc1-n1cc(C2CCC(CCO)CC2)nn1. The van der Waals surface area contributed by atoms with E-state index in [4.69, 9.17) is 14.7 Å². The van der Waals surface area contributed by atoms with Crippen LogP contribution in [0.25, 0.3) is 22.5 Å². The van der Waals surface area contributed by atoms with E-state index in [0.29, 0.717) is 35.1 Å². The molecule has 2 N–H and O–H groups in total. The number of fused-ring (bicyclic) bond motifs is 3. The fourth-order valence-electron chi connectivity index (χ4n) is 6.53. The molecule has 212 valence electrons. The predicted octanol–water partition coefficient (Wildman–Crippen LogP) is 3.35. The zero-order chi connectivity index (χ0) is 27.9. The maximum Gasteiger partial charge on any atom is 0.167 e. The van der Waals surface area contributed by atoms with Crippen molar-refractivity contribution in [3.05, 3.63) is 42.5 Å². The second-order valence-electron chi connectivity index (χ2n) is 11.5. The van der Waals surface area contributed by atoms with Gasteiger partial charge in [-0.2, -0.15) is 15.0 Å². The molecular formula is C29H34N10O2.